The second-order valence-electron chi connectivity index (χ2n) is 6.08. The summed E-state index contributed by atoms with van der Waals surface area (Å²) in [6.45, 7) is 0. The molecular formula is C22H17BrCl3FN2S. The zero-order valence-electron chi connectivity index (χ0n) is 15.5. The molecule has 0 aliphatic carbocycles. The number of nitrogens with two attached hydrogens (primary N) is 1. The summed E-state index contributed by atoms with van der Waals surface area (Å²) in [5.74, 6) is 0.310. The van der Waals surface area contributed by atoms with Crippen molar-refractivity contribution in [3.63, 3.8) is 0 Å². The van der Waals surface area contributed by atoms with Gasteiger partial charge in [-0.2, -0.15) is 0 Å². The van der Waals surface area contributed by atoms with Gasteiger partial charge in [0, 0.05) is 21.4 Å². The number of nitrogens with zero attached hydrogens (tertiary/aromatic N) is 1. The molecule has 0 fully saturated rings. The van der Waals surface area contributed by atoms with Crippen molar-refractivity contribution in [1.82, 2.24) is 0 Å². The van der Waals surface area contributed by atoms with Crippen LogP contribution in [0.15, 0.2) is 65.7 Å². The van der Waals surface area contributed by atoms with E-state index in [9.17, 15) is 4.39 Å². The van der Waals surface area contributed by atoms with E-state index < -0.39 is 0 Å². The number of hydrogen-bond donors (Lipinski definition) is 1. The lowest BCUT2D eigenvalue weighted by Gasteiger charge is -2.04. The molecule has 0 aliphatic rings. The second-order valence-corrected chi connectivity index (χ2v) is 8.35. The van der Waals surface area contributed by atoms with E-state index in [1.54, 1.807) is 36.4 Å². The van der Waals surface area contributed by atoms with Gasteiger partial charge in [-0.05, 0) is 47.5 Å². The van der Waals surface area contributed by atoms with E-state index >= 15 is 0 Å². The molecule has 2 nitrogen and oxygen atoms in total. The molecule has 3 rings (SSSR count). The Labute approximate surface area is 204 Å². The molecule has 0 saturated carbocycles. The Morgan fingerprint density at radius 1 is 0.967 bits per heavy atom. The molecule has 0 aromatic heterocycles. The topological polar surface area (TPSA) is 38.4 Å². The zero-order valence-corrected chi connectivity index (χ0v) is 20.3. The second kappa shape index (κ2) is 11.8. The summed E-state index contributed by atoms with van der Waals surface area (Å²) in [5, 5.41) is 1.82. The van der Waals surface area contributed by atoms with Gasteiger partial charge in [0.25, 0.3) is 0 Å². The fourth-order valence-corrected chi connectivity index (χ4v) is 3.91. The van der Waals surface area contributed by atoms with Crippen LogP contribution in [0.5, 0.6) is 0 Å². The summed E-state index contributed by atoms with van der Waals surface area (Å²) in [5.41, 5.74) is 9.00. The number of hydrogen-bond acceptors (Lipinski definition) is 2. The van der Waals surface area contributed by atoms with Crippen molar-refractivity contribution in [3.8, 4) is 0 Å². The summed E-state index contributed by atoms with van der Waals surface area (Å²) < 4.78 is 13.8. The molecule has 0 saturated heterocycles. The van der Waals surface area contributed by atoms with E-state index in [-0.39, 0.29) is 22.8 Å². The molecule has 0 amide bonds. The van der Waals surface area contributed by atoms with Gasteiger partial charge in [0.15, 0.2) is 5.17 Å². The number of rotatable bonds is 5. The van der Waals surface area contributed by atoms with Crippen LogP contribution in [0, 0.1) is 5.82 Å². The van der Waals surface area contributed by atoms with E-state index in [2.05, 4.69) is 4.99 Å². The van der Waals surface area contributed by atoms with Crippen LogP contribution in [0.3, 0.4) is 0 Å². The monoisotopic (exact) mass is 544 g/mol. The van der Waals surface area contributed by atoms with Gasteiger partial charge in [0.2, 0.25) is 0 Å². The van der Waals surface area contributed by atoms with Gasteiger partial charge in [-0.3, -0.25) is 0 Å². The minimum atomic E-state index is -0.350. The molecule has 0 atom stereocenters. The number of benzene rings is 3. The van der Waals surface area contributed by atoms with Crippen molar-refractivity contribution in [1.29, 1.82) is 0 Å². The molecule has 0 aliphatic heterocycles. The molecule has 0 bridgehead atoms. The van der Waals surface area contributed by atoms with Crippen LogP contribution in [-0.2, 0) is 5.75 Å². The minimum Gasteiger partial charge on any atom is -0.378 e. The Balaban J connectivity index is 0.00000320. The van der Waals surface area contributed by atoms with Crippen molar-refractivity contribution in [3.05, 3.63) is 98.2 Å². The lowest BCUT2D eigenvalue weighted by molar-refractivity contribution is 0.625. The molecule has 0 unspecified atom stereocenters. The Hall–Kier alpha value is -1.50. The van der Waals surface area contributed by atoms with Crippen molar-refractivity contribution >= 4 is 86.6 Å². The quantitative estimate of drug-likeness (QED) is 0.198. The standard InChI is InChI=1S/C22H16Cl3FN2S.BrH/c23-16-10-17(24)12-18(11-16)28-22(27)29-13-15-6-4-14(5-7-15)8-9-19-20(25)2-1-3-21(19)26;/h1-12H,13H2,(H2,27,28);1H/b9-8+;. The third-order valence-corrected chi connectivity index (χ3v) is 5.53. The van der Waals surface area contributed by atoms with Crippen LogP contribution < -0.4 is 5.73 Å². The molecule has 0 spiro atoms. The maximum Gasteiger partial charge on any atom is 0.159 e. The van der Waals surface area contributed by atoms with Crippen molar-refractivity contribution in [2.75, 3.05) is 0 Å². The molecule has 0 heterocycles. The molecule has 156 valence electrons. The first-order chi connectivity index (χ1) is 13.9. The average molecular weight is 547 g/mol. The third kappa shape index (κ3) is 7.33. The van der Waals surface area contributed by atoms with E-state index in [1.807, 2.05) is 30.3 Å². The predicted molar refractivity (Wildman–Crippen MR) is 136 cm³/mol. The lowest BCUT2D eigenvalue weighted by atomic mass is 10.1. The SMILES string of the molecule is Br.NC(=Nc1cc(Cl)cc(Cl)c1)SCc1ccc(/C=C/c2c(F)cccc2Cl)cc1. The van der Waals surface area contributed by atoms with Crippen LogP contribution in [0.4, 0.5) is 10.1 Å². The number of halogens is 5. The van der Waals surface area contributed by atoms with Crippen LogP contribution in [0.1, 0.15) is 16.7 Å². The van der Waals surface area contributed by atoms with Crippen LogP contribution in [-0.4, -0.2) is 5.17 Å². The highest BCUT2D eigenvalue weighted by Crippen LogP contribution is 2.26. The maximum atomic E-state index is 13.8. The van der Waals surface area contributed by atoms with Crippen molar-refractivity contribution in [2.24, 2.45) is 10.7 Å². The largest absolute Gasteiger partial charge is 0.378 e. The predicted octanol–water partition coefficient (Wildman–Crippen LogP) is 8.41. The highest BCUT2D eigenvalue weighted by atomic mass is 79.9. The highest BCUT2D eigenvalue weighted by Gasteiger charge is 2.03. The van der Waals surface area contributed by atoms with Crippen molar-refractivity contribution < 1.29 is 4.39 Å². The Bertz CT molecular complexity index is 1030. The molecular weight excluding hydrogens is 530 g/mol. The third-order valence-electron chi connectivity index (χ3n) is 3.90. The fraction of sp³-hybridized carbons (Fsp3) is 0.0455. The van der Waals surface area contributed by atoms with Gasteiger partial charge >= 0.3 is 0 Å². The van der Waals surface area contributed by atoms with Gasteiger partial charge in [0.05, 0.1) is 10.7 Å². The molecule has 0 radical (unpaired) electrons. The molecule has 3 aromatic rings. The Kier molecular flexibility index (Phi) is 9.72. The Morgan fingerprint density at radius 3 is 2.27 bits per heavy atom. The van der Waals surface area contributed by atoms with Gasteiger partial charge in [-0.1, -0.05) is 83.0 Å². The molecule has 30 heavy (non-hydrogen) atoms. The summed E-state index contributed by atoms with van der Waals surface area (Å²) >= 11 is 19.4. The summed E-state index contributed by atoms with van der Waals surface area (Å²) in [7, 11) is 0. The zero-order chi connectivity index (χ0) is 20.8. The first kappa shape index (κ1) is 24.8. The highest BCUT2D eigenvalue weighted by molar-refractivity contribution is 8.93. The average Bonchev–Trinajstić information content (AvgIpc) is 2.66. The van der Waals surface area contributed by atoms with Gasteiger partial charge in [0.1, 0.15) is 5.82 Å². The van der Waals surface area contributed by atoms with E-state index in [4.69, 9.17) is 40.5 Å². The van der Waals surface area contributed by atoms with Gasteiger partial charge < -0.3 is 5.73 Å². The van der Waals surface area contributed by atoms with Crippen molar-refractivity contribution in [2.45, 2.75) is 5.75 Å². The molecule has 2 N–H and O–H groups in total. The minimum absolute atomic E-state index is 0. The van der Waals surface area contributed by atoms with E-state index in [0.717, 1.165) is 11.1 Å². The van der Waals surface area contributed by atoms with Crippen LogP contribution in [0.2, 0.25) is 15.1 Å². The fourth-order valence-electron chi connectivity index (χ4n) is 2.50. The van der Waals surface area contributed by atoms with Crippen LogP contribution >= 0.6 is 63.5 Å². The first-order valence-corrected chi connectivity index (χ1v) is 10.7. The summed E-state index contributed by atoms with van der Waals surface area (Å²) in [6.07, 6.45) is 3.49. The lowest BCUT2D eigenvalue weighted by Crippen LogP contribution is -2.06. The number of aliphatic imine (C=N–C) groups is 1. The number of thioether (sulfide) groups is 1. The smallest absolute Gasteiger partial charge is 0.159 e. The molecule has 3 aromatic carbocycles. The van der Waals surface area contributed by atoms with Gasteiger partial charge in [-0.25, -0.2) is 9.38 Å². The van der Waals surface area contributed by atoms with E-state index in [0.29, 0.717) is 37.2 Å². The summed E-state index contributed by atoms with van der Waals surface area (Å²) in [4.78, 5) is 4.32. The maximum absolute atomic E-state index is 13.8. The molecule has 8 heteroatoms. The summed E-state index contributed by atoms with van der Waals surface area (Å²) in [6, 6.07) is 17.5. The van der Waals surface area contributed by atoms with Gasteiger partial charge in [-0.15, -0.1) is 17.0 Å². The van der Waals surface area contributed by atoms with Crippen LogP contribution in [0.25, 0.3) is 12.2 Å². The normalized spacial score (nSPS) is 11.5. The number of amidine groups is 1. The first-order valence-electron chi connectivity index (χ1n) is 8.55. The van der Waals surface area contributed by atoms with E-state index in [1.165, 1.54) is 17.8 Å². The Morgan fingerprint density at radius 2 is 1.63 bits per heavy atom.